The van der Waals surface area contributed by atoms with Crippen molar-refractivity contribution in [3.05, 3.63) is 0 Å². The van der Waals surface area contributed by atoms with E-state index in [1.165, 1.54) is 0 Å². The van der Waals surface area contributed by atoms with E-state index in [4.69, 9.17) is 17.2 Å². The van der Waals surface area contributed by atoms with Crippen molar-refractivity contribution >= 4 is 36.4 Å². The van der Waals surface area contributed by atoms with Crippen molar-refractivity contribution in [2.45, 2.75) is 44.8 Å². The normalized spacial score (nSPS) is 14.3. The second-order valence-corrected chi connectivity index (χ2v) is 6.23. The fourth-order valence-corrected chi connectivity index (χ4v) is 2.07. The molecule has 0 aliphatic carbocycles. The van der Waals surface area contributed by atoms with E-state index in [9.17, 15) is 19.5 Å². The highest BCUT2D eigenvalue weighted by molar-refractivity contribution is 7.80. The smallest absolute Gasteiger partial charge is 0.326 e. The highest BCUT2D eigenvalue weighted by atomic mass is 32.1. The second kappa shape index (κ2) is 11.5. The minimum atomic E-state index is -1.15. The van der Waals surface area contributed by atoms with Crippen LogP contribution in [0.3, 0.4) is 0 Å². The summed E-state index contributed by atoms with van der Waals surface area (Å²) in [6.45, 7) is 3.61. The van der Waals surface area contributed by atoms with Gasteiger partial charge < -0.3 is 32.9 Å². The molecule has 0 heterocycles. The summed E-state index contributed by atoms with van der Waals surface area (Å²) in [5.41, 5.74) is 16.0. The van der Waals surface area contributed by atoms with E-state index in [0.717, 1.165) is 0 Å². The van der Waals surface area contributed by atoms with E-state index in [2.05, 4.69) is 28.3 Å². The number of nitrogens with one attached hydrogen (secondary N) is 2. The van der Waals surface area contributed by atoms with Crippen LogP contribution in [-0.2, 0) is 14.4 Å². The third kappa shape index (κ3) is 9.15. The zero-order valence-electron chi connectivity index (χ0n) is 14.4. The summed E-state index contributed by atoms with van der Waals surface area (Å²) in [5.74, 6) is -2.59. The Labute approximate surface area is 152 Å². The van der Waals surface area contributed by atoms with Gasteiger partial charge in [-0.2, -0.15) is 12.6 Å². The predicted molar refractivity (Wildman–Crippen MR) is 98.1 cm³/mol. The van der Waals surface area contributed by atoms with Gasteiger partial charge in [-0.3, -0.25) is 14.6 Å². The largest absolute Gasteiger partial charge is 0.480 e. The van der Waals surface area contributed by atoms with Crippen LogP contribution in [0.1, 0.15) is 26.7 Å². The van der Waals surface area contributed by atoms with Crippen molar-refractivity contribution in [1.82, 2.24) is 10.6 Å². The van der Waals surface area contributed by atoms with Crippen LogP contribution < -0.4 is 27.8 Å². The van der Waals surface area contributed by atoms with Gasteiger partial charge in [-0.25, -0.2) is 4.79 Å². The maximum Gasteiger partial charge on any atom is 0.326 e. The molecular weight excluding hydrogens is 348 g/mol. The number of carboxylic acids is 1. The van der Waals surface area contributed by atoms with Gasteiger partial charge in [0.1, 0.15) is 12.1 Å². The highest BCUT2D eigenvalue weighted by Gasteiger charge is 2.29. The number of carboxylic acid groups (broad SMARTS) is 1. The number of aliphatic carboxylic acids is 1. The van der Waals surface area contributed by atoms with E-state index >= 15 is 0 Å². The number of hydrogen-bond acceptors (Lipinski definition) is 6. The van der Waals surface area contributed by atoms with Crippen molar-refractivity contribution in [3.8, 4) is 0 Å². The number of carbonyl (C=O) groups excluding carboxylic acids is 2. The Balaban J connectivity index is 5.01. The van der Waals surface area contributed by atoms with Crippen LogP contribution in [0.2, 0.25) is 0 Å². The summed E-state index contributed by atoms with van der Waals surface area (Å²) in [4.78, 5) is 39.4. The first kappa shape index (κ1) is 23.0. The third-order valence-electron chi connectivity index (χ3n) is 3.34. The first-order chi connectivity index (χ1) is 11.6. The molecule has 2 amide bonds. The number of aliphatic imine (C=N–C) groups is 1. The summed E-state index contributed by atoms with van der Waals surface area (Å²) < 4.78 is 0. The molecule has 0 spiro atoms. The van der Waals surface area contributed by atoms with Gasteiger partial charge in [-0.1, -0.05) is 13.8 Å². The average molecular weight is 376 g/mol. The monoisotopic (exact) mass is 376 g/mol. The molecular formula is C14H28N6O4S. The molecule has 0 aromatic rings. The van der Waals surface area contributed by atoms with Crippen molar-refractivity contribution < 1.29 is 19.5 Å². The molecule has 9 N–H and O–H groups in total. The molecule has 144 valence electrons. The van der Waals surface area contributed by atoms with Gasteiger partial charge in [0.2, 0.25) is 11.8 Å². The molecule has 0 saturated carbocycles. The SMILES string of the molecule is CC(C)C(NC(=O)C(CCCN=C(N)N)NC(=O)C(N)CS)C(=O)O. The molecule has 25 heavy (non-hydrogen) atoms. The summed E-state index contributed by atoms with van der Waals surface area (Å²) in [5, 5.41) is 14.1. The third-order valence-corrected chi connectivity index (χ3v) is 3.74. The number of hydrogen-bond donors (Lipinski definition) is 7. The van der Waals surface area contributed by atoms with Crippen LogP contribution >= 0.6 is 12.6 Å². The average Bonchev–Trinajstić information content (AvgIpc) is 2.53. The summed E-state index contributed by atoms with van der Waals surface area (Å²) in [7, 11) is 0. The molecule has 0 rings (SSSR count). The molecule has 0 aliphatic heterocycles. The van der Waals surface area contributed by atoms with Crippen LogP contribution in [0.15, 0.2) is 4.99 Å². The lowest BCUT2D eigenvalue weighted by Gasteiger charge is -2.24. The highest BCUT2D eigenvalue weighted by Crippen LogP contribution is 2.05. The van der Waals surface area contributed by atoms with Crippen LogP contribution in [0.4, 0.5) is 0 Å². The van der Waals surface area contributed by atoms with E-state index in [-0.39, 0.29) is 30.6 Å². The van der Waals surface area contributed by atoms with Gasteiger partial charge in [-0.15, -0.1) is 0 Å². The molecule has 3 unspecified atom stereocenters. The number of amides is 2. The molecule has 0 bridgehead atoms. The number of rotatable bonds is 11. The quantitative estimate of drug-likeness (QED) is 0.0940. The van der Waals surface area contributed by atoms with E-state index in [1.807, 2.05) is 0 Å². The second-order valence-electron chi connectivity index (χ2n) is 5.87. The van der Waals surface area contributed by atoms with E-state index in [1.54, 1.807) is 13.8 Å². The molecule has 10 nitrogen and oxygen atoms in total. The van der Waals surface area contributed by atoms with Gasteiger partial charge in [0.15, 0.2) is 5.96 Å². The van der Waals surface area contributed by atoms with Gasteiger partial charge in [0, 0.05) is 12.3 Å². The first-order valence-electron chi connectivity index (χ1n) is 7.85. The maximum absolute atomic E-state index is 12.4. The van der Waals surface area contributed by atoms with Crippen LogP contribution in [-0.4, -0.2) is 59.3 Å². The van der Waals surface area contributed by atoms with Crippen molar-refractivity contribution in [2.75, 3.05) is 12.3 Å². The molecule has 0 aromatic carbocycles. The van der Waals surface area contributed by atoms with Gasteiger partial charge >= 0.3 is 5.97 Å². The van der Waals surface area contributed by atoms with Gasteiger partial charge in [-0.05, 0) is 18.8 Å². The summed E-state index contributed by atoms with van der Waals surface area (Å²) in [6, 6.07) is -2.90. The van der Waals surface area contributed by atoms with Crippen LogP contribution in [0.5, 0.6) is 0 Å². The standard InChI is InChI=1S/C14H28N6O4S/c1-7(2)10(13(23)24)20-12(22)9(4-3-5-18-14(16)17)19-11(21)8(15)6-25/h7-10,25H,3-6,15H2,1-2H3,(H,19,21)(H,20,22)(H,23,24)(H4,16,17,18). The molecule has 0 fully saturated rings. The van der Waals surface area contributed by atoms with Crippen molar-refractivity contribution in [1.29, 1.82) is 0 Å². The fourth-order valence-electron chi connectivity index (χ4n) is 1.90. The van der Waals surface area contributed by atoms with E-state index in [0.29, 0.717) is 6.42 Å². The van der Waals surface area contributed by atoms with Gasteiger partial charge in [0.05, 0.1) is 6.04 Å². The molecule has 11 heteroatoms. The summed E-state index contributed by atoms with van der Waals surface area (Å²) in [6.07, 6.45) is 0.629. The lowest BCUT2D eigenvalue weighted by atomic mass is 10.0. The predicted octanol–water partition coefficient (Wildman–Crippen LogP) is -1.99. The molecule has 0 saturated heterocycles. The first-order valence-corrected chi connectivity index (χ1v) is 8.48. The minimum Gasteiger partial charge on any atom is -0.480 e. The zero-order chi connectivity index (χ0) is 19.6. The topological polar surface area (TPSA) is 186 Å². The summed E-state index contributed by atoms with van der Waals surface area (Å²) >= 11 is 3.94. The van der Waals surface area contributed by atoms with Crippen LogP contribution in [0, 0.1) is 5.92 Å². The Bertz CT molecular complexity index is 496. The molecule has 0 aromatic heterocycles. The molecule has 3 atom stereocenters. The number of guanidine groups is 1. The van der Waals surface area contributed by atoms with Crippen molar-refractivity contribution in [3.63, 3.8) is 0 Å². The number of nitrogens with two attached hydrogens (primary N) is 3. The number of thiol groups is 1. The zero-order valence-corrected chi connectivity index (χ0v) is 15.3. The Morgan fingerprint density at radius 3 is 2.20 bits per heavy atom. The van der Waals surface area contributed by atoms with Crippen LogP contribution in [0.25, 0.3) is 0 Å². The molecule has 0 aliphatic rings. The lowest BCUT2D eigenvalue weighted by Crippen LogP contribution is -2.55. The number of nitrogens with zero attached hydrogens (tertiary/aromatic N) is 1. The minimum absolute atomic E-state index is 0.0760. The van der Waals surface area contributed by atoms with Crippen molar-refractivity contribution in [2.24, 2.45) is 28.1 Å². The Morgan fingerprint density at radius 1 is 1.16 bits per heavy atom. The Morgan fingerprint density at radius 2 is 1.76 bits per heavy atom. The lowest BCUT2D eigenvalue weighted by molar-refractivity contribution is -0.143. The molecule has 0 radical (unpaired) electrons. The fraction of sp³-hybridized carbons (Fsp3) is 0.714. The maximum atomic E-state index is 12.4. The van der Waals surface area contributed by atoms with E-state index < -0.39 is 35.9 Å². The number of carbonyl (C=O) groups is 3. The van der Waals surface area contributed by atoms with Gasteiger partial charge in [0.25, 0.3) is 0 Å². The Hall–Kier alpha value is -2.01. The Kier molecular flexibility index (Phi) is 10.6.